The number of carbonyl (C=O) groups is 1. The Kier molecular flexibility index (Phi) is 5.26. The molecule has 124 valence electrons. The third-order valence-electron chi connectivity index (χ3n) is 4.13. The fourth-order valence-electron chi connectivity index (χ4n) is 2.73. The first-order valence-electron chi connectivity index (χ1n) is 8.36. The SMILES string of the molecule is CCC(NC(=O)CCc1nc2ccccc2s1)c1ccc(C)cc1. The van der Waals surface area contributed by atoms with Crippen LogP contribution in [0.1, 0.15) is 41.9 Å². The first-order chi connectivity index (χ1) is 11.7. The van der Waals surface area contributed by atoms with E-state index in [0.717, 1.165) is 22.5 Å². The Morgan fingerprint density at radius 2 is 1.92 bits per heavy atom. The second kappa shape index (κ2) is 7.58. The summed E-state index contributed by atoms with van der Waals surface area (Å²) >= 11 is 1.67. The summed E-state index contributed by atoms with van der Waals surface area (Å²) in [5.74, 6) is 0.0849. The van der Waals surface area contributed by atoms with Crippen LogP contribution in [0.15, 0.2) is 48.5 Å². The molecule has 0 radical (unpaired) electrons. The molecule has 2 aromatic carbocycles. The molecule has 0 saturated carbocycles. The number of benzene rings is 2. The molecule has 1 amide bonds. The Morgan fingerprint density at radius 1 is 1.17 bits per heavy atom. The molecule has 3 rings (SSSR count). The van der Waals surface area contributed by atoms with E-state index in [2.05, 4.69) is 54.5 Å². The van der Waals surface area contributed by atoms with Gasteiger partial charge in [0, 0.05) is 12.8 Å². The van der Waals surface area contributed by atoms with E-state index in [1.807, 2.05) is 18.2 Å². The van der Waals surface area contributed by atoms with Crippen molar-refractivity contribution in [3.8, 4) is 0 Å². The van der Waals surface area contributed by atoms with E-state index in [0.29, 0.717) is 12.8 Å². The quantitative estimate of drug-likeness (QED) is 0.701. The highest BCUT2D eigenvalue weighted by atomic mass is 32.1. The average Bonchev–Trinajstić information content (AvgIpc) is 3.02. The van der Waals surface area contributed by atoms with E-state index in [4.69, 9.17) is 0 Å². The number of thiazole rings is 1. The number of nitrogens with zero attached hydrogens (tertiary/aromatic N) is 1. The van der Waals surface area contributed by atoms with Crippen molar-refractivity contribution in [3.05, 3.63) is 64.7 Å². The van der Waals surface area contributed by atoms with Crippen molar-refractivity contribution in [1.82, 2.24) is 10.3 Å². The van der Waals surface area contributed by atoms with Gasteiger partial charge in [-0.15, -0.1) is 11.3 Å². The van der Waals surface area contributed by atoms with Crippen LogP contribution in [0, 0.1) is 6.92 Å². The minimum absolute atomic E-state index is 0.0773. The Bertz CT molecular complexity index is 790. The molecule has 1 heterocycles. The predicted molar refractivity (Wildman–Crippen MR) is 100 cm³/mol. The zero-order valence-corrected chi connectivity index (χ0v) is 14.9. The van der Waals surface area contributed by atoms with Gasteiger partial charge in [-0.05, 0) is 31.0 Å². The van der Waals surface area contributed by atoms with Crippen LogP contribution in [0.4, 0.5) is 0 Å². The molecule has 0 bridgehead atoms. The number of aryl methyl sites for hydroxylation is 2. The number of hydrogen-bond acceptors (Lipinski definition) is 3. The van der Waals surface area contributed by atoms with Gasteiger partial charge in [0.1, 0.15) is 0 Å². The van der Waals surface area contributed by atoms with Gasteiger partial charge >= 0.3 is 0 Å². The van der Waals surface area contributed by atoms with E-state index in [1.54, 1.807) is 11.3 Å². The van der Waals surface area contributed by atoms with Crippen LogP contribution >= 0.6 is 11.3 Å². The van der Waals surface area contributed by atoms with Crippen molar-refractivity contribution in [1.29, 1.82) is 0 Å². The molecule has 0 saturated heterocycles. The molecule has 1 N–H and O–H groups in total. The predicted octanol–water partition coefficient (Wildman–Crippen LogP) is 4.80. The maximum Gasteiger partial charge on any atom is 0.220 e. The third-order valence-corrected chi connectivity index (χ3v) is 5.22. The second-order valence-electron chi connectivity index (χ2n) is 6.01. The fourth-order valence-corrected chi connectivity index (χ4v) is 3.70. The summed E-state index contributed by atoms with van der Waals surface area (Å²) in [5, 5.41) is 4.17. The van der Waals surface area contributed by atoms with Crippen LogP contribution in [0.3, 0.4) is 0 Å². The summed E-state index contributed by atoms with van der Waals surface area (Å²) in [6.45, 7) is 4.17. The molecule has 0 fully saturated rings. The Balaban J connectivity index is 1.58. The Hall–Kier alpha value is -2.20. The van der Waals surface area contributed by atoms with Gasteiger partial charge in [-0.2, -0.15) is 0 Å². The van der Waals surface area contributed by atoms with Gasteiger partial charge < -0.3 is 5.32 Å². The number of fused-ring (bicyclic) bond motifs is 1. The lowest BCUT2D eigenvalue weighted by Gasteiger charge is -2.17. The molecule has 3 aromatic rings. The molecular weight excluding hydrogens is 316 g/mol. The number of carbonyl (C=O) groups excluding carboxylic acids is 1. The lowest BCUT2D eigenvalue weighted by atomic mass is 10.0. The van der Waals surface area contributed by atoms with E-state index < -0.39 is 0 Å². The smallest absolute Gasteiger partial charge is 0.220 e. The van der Waals surface area contributed by atoms with Crippen LogP contribution in [0.25, 0.3) is 10.2 Å². The molecule has 4 heteroatoms. The van der Waals surface area contributed by atoms with Gasteiger partial charge in [0.05, 0.1) is 21.3 Å². The van der Waals surface area contributed by atoms with Gasteiger partial charge in [0.2, 0.25) is 5.91 Å². The summed E-state index contributed by atoms with van der Waals surface area (Å²) in [6, 6.07) is 16.5. The van der Waals surface area contributed by atoms with Crippen molar-refractivity contribution in [3.63, 3.8) is 0 Å². The lowest BCUT2D eigenvalue weighted by Crippen LogP contribution is -2.28. The average molecular weight is 338 g/mol. The van der Waals surface area contributed by atoms with Gasteiger partial charge in [-0.25, -0.2) is 4.98 Å². The van der Waals surface area contributed by atoms with Crippen molar-refractivity contribution >= 4 is 27.5 Å². The van der Waals surface area contributed by atoms with Crippen LogP contribution in [0.5, 0.6) is 0 Å². The van der Waals surface area contributed by atoms with Gasteiger partial charge in [-0.1, -0.05) is 48.9 Å². The number of rotatable bonds is 6. The summed E-state index contributed by atoms with van der Waals surface area (Å²) < 4.78 is 1.18. The van der Waals surface area contributed by atoms with E-state index in [1.165, 1.54) is 10.3 Å². The zero-order chi connectivity index (χ0) is 16.9. The topological polar surface area (TPSA) is 42.0 Å². The highest BCUT2D eigenvalue weighted by Gasteiger charge is 2.13. The highest BCUT2D eigenvalue weighted by molar-refractivity contribution is 7.18. The maximum absolute atomic E-state index is 12.3. The monoisotopic (exact) mass is 338 g/mol. The van der Waals surface area contributed by atoms with Crippen LogP contribution in [0.2, 0.25) is 0 Å². The molecule has 1 aromatic heterocycles. The van der Waals surface area contributed by atoms with E-state index >= 15 is 0 Å². The van der Waals surface area contributed by atoms with E-state index in [-0.39, 0.29) is 11.9 Å². The molecule has 0 spiro atoms. The van der Waals surface area contributed by atoms with Crippen LogP contribution < -0.4 is 5.32 Å². The first kappa shape index (κ1) is 16.7. The number of hydrogen-bond donors (Lipinski definition) is 1. The van der Waals surface area contributed by atoms with Crippen LogP contribution in [-0.4, -0.2) is 10.9 Å². The molecule has 0 aliphatic rings. The van der Waals surface area contributed by atoms with Crippen molar-refractivity contribution in [2.24, 2.45) is 0 Å². The molecular formula is C20H22N2OS. The number of nitrogens with one attached hydrogen (secondary N) is 1. The minimum atomic E-state index is 0.0773. The molecule has 1 unspecified atom stereocenters. The number of para-hydroxylation sites is 1. The standard InChI is InChI=1S/C20H22N2OS/c1-3-16(15-10-8-14(2)9-11-15)21-19(23)12-13-20-22-17-6-4-5-7-18(17)24-20/h4-11,16H,3,12-13H2,1-2H3,(H,21,23). The molecule has 3 nitrogen and oxygen atoms in total. The molecule has 24 heavy (non-hydrogen) atoms. The Morgan fingerprint density at radius 3 is 2.62 bits per heavy atom. The lowest BCUT2D eigenvalue weighted by molar-refractivity contribution is -0.121. The first-order valence-corrected chi connectivity index (χ1v) is 9.17. The molecule has 0 aliphatic carbocycles. The maximum atomic E-state index is 12.3. The summed E-state index contributed by atoms with van der Waals surface area (Å²) in [4.78, 5) is 16.9. The summed E-state index contributed by atoms with van der Waals surface area (Å²) in [7, 11) is 0. The molecule has 0 aliphatic heterocycles. The third kappa shape index (κ3) is 4.01. The largest absolute Gasteiger partial charge is 0.349 e. The summed E-state index contributed by atoms with van der Waals surface area (Å²) in [5.41, 5.74) is 3.41. The number of aromatic nitrogens is 1. The minimum Gasteiger partial charge on any atom is -0.349 e. The van der Waals surface area contributed by atoms with Gasteiger partial charge in [0.15, 0.2) is 0 Å². The fraction of sp³-hybridized carbons (Fsp3) is 0.300. The number of amides is 1. The van der Waals surface area contributed by atoms with Gasteiger partial charge in [0.25, 0.3) is 0 Å². The van der Waals surface area contributed by atoms with Crippen molar-refractivity contribution in [2.45, 2.75) is 39.2 Å². The van der Waals surface area contributed by atoms with Gasteiger partial charge in [-0.3, -0.25) is 4.79 Å². The zero-order valence-electron chi connectivity index (χ0n) is 14.1. The normalized spacial score (nSPS) is 12.2. The molecule has 1 atom stereocenters. The highest BCUT2D eigenvalue weighted by Crippen LogP contribution is 2.23. The second-order valence-corrected chi connectivity index (χ2v) is 7.13. The van der Waals surface area contributed by atoms with Crippen LogP contribution in [-0.2, 0) is 11.2 Å². The van der Waals surface area contributed by atoms with Crippen molar-refractivity contribution in [2.75, 3.05) is 0 Å². The van der Waals surface area contributed by atoms with Crippen molar-refractivity contribution < 1.29 is 4.79 Å². The van der Waals surface area contributed by atoms with E-state index in [9.17, 15) is 4.79 Å². The summed E-state index contributed by atoms with van der Waals surface area (Å²) in [6.07, 6.45) is 2.05. The Labute approximate surface area is 146 Å².